The summed E-state index contributed by atoms with van der Waals surface area (Å²) in [6.07, 6.45) is 3.57. The number of aromatic nitrogens is 2. The molecule has 1 saturated carbocycles. The van der Waals surface area contributed by atoms with Gasteiger partial charge in [-0.25, -0.2) is 0 Å². The van der Waals surface area contributed by atoms with Crippen molar-refractivity contribution in [3.05, 3.63) is 36.0 Å². The van der Waals surface area contributed by atoms with E-state index in [2.05, 4.69) is 10.2 Å². The molecular weight excluding hydrogens is 242 g/mol. The summed E-state index contributed by atoms with van der Waals surface area (Å²) in [6.45, 7) is 0.545. The van der Waals surface area contributed by atoms with Gasteiger partial charge in [-0.15, -0.1) is 10.2 Å². The largest absolute Gasteiger partial charge is 0.508 e. The van der Waals surface area contributed by atoms with E-state index < -0.39 is 0 Å². The molecule has 1 fully saturated rings. The van der Waals surface area contributed by atoms with E-state index in [1.54, 1.807) is 12.1 Å². The molecule has 5 heteroatoms. The fourth-order valence-corrected chi connectivity index (χ4v) is 2.18. The molecule has 0 amide bonds. The zero-order chi connectivity index (χ0) is 13.2. The fourth-order valence-electron chi connectivity index (χ4n) is 2.18. The highest BCUT2D eigenvalue weighted by atomic mass is 16.4. The number of phenols is 1. The Labute approximate surface area is 111 Å². The Morgan fingerprint density at radius 3 is 2.89 bits per heavy atom. The van der Waals surface area contributed by atoms with Crippen molar-refractivity contribution in [1.29, 1.82) is 0 Å². The van der Waals surface area contributed by atoms with E-state index >= 15 is 0 Å². The van der Waals surface area contributed by atoms with Crippen LogP contribution in [0, 0.1) is 0 Å². The van der Waals surface area contributed by atoms with Gasteiger partial charge in [0.2, 0.25) is 11.8 Å². The lowest BCUT2D eigenvalue weighted by atomic mass is 9.85. The van der Waals surface area contributed by atoms with Gasteiger partial charge in [0, 0.05) is 24.7 Å². The molecule has 5 nitrogen and oxygen atoms in total. The first-order valence-corrected chi connectivity index (χ1v) is 6.55. The fraction of sp³-hybridized carbons (Fsp3) is 0.429. The predicted octanol–water partition coefficient (Wildman–Crippen LogP) is 2.68. The van der Waals surface area contributed by atoms with Gasteiger partial charge in [-0.1, -0.05) is 12.5 Å². The molecule has 3 rings (SSSR count). The molecule has 0 spiro atoms. The Hall–Kier alpha value is -2.04. The van der Waals surface area contributed by atoms with Crippen LogP contribution >= 0.6 is 0 Å². The van der Waals surface area contributed by atoms with Crippen molar-refractivity contribution < 1.29 is 9.52 Å². The lowest BCUT2D eigenvalue weighted by Crippen LogP contribution is -2.16. The van der Waals surface area contributed by atoms with E-state index in [4.69, 9.17) is 4.42 Å². The van der Waals surface area contributed by atoms with Crippen LogP contribution in [0.4, 0.5) is 5.69 Å². The molecule has 1 aliphatic carbocycles. The summed E-state index contributed by atoms with van der Waals surface area (Å²) in [7, 11) is 1.93. The molecule has 1 heterocycles. The molecule has 0 unspecified atom stereocenters. The van der Waals surface area contributed by atoms with Crippen molar-refractivity contribution in [2.75, 3.05) is 11.9 Å². The van der Waals surface area contributed by atoms with Crippen molar-refractivity contribution in [3.63, 3.8) is 0 Å². The smallest absolute Gasteiger partial charge is 0.235 e. The molecule has 2 aromatic rings. The highest BCUT2D eigenvalue weighted by Gasteiger charge is 2.25. The monoisotopic (exact) mass is 259 g/mol. The van der Waals surface area contributed by atoms with Crippen LogP contribution < -0.4 is 4.90 Å². The van der Waals surface area contributed by atoms with Crippen molar-refractivity contribution in [1.82, 2.24) is 10.2 Å². The molecule has 0 saturated heterocycles. The van der Waals surface area contributed by atoms with E-state index in [0.29, 0.717) is 18.4 Å². The van der Waals surface area contributed by atoms with Crippen LogP contribution in [-0.4, -0.2) is 22.4 Å². The zero-order valence-electron chi connectivity index (χ0n) is 10.9. The van der Waals surface area contributed by atoms with Crippen LogP contribution in [-0.2, 0) is 6.54 Å². The molecule has 1 aromatic carbocycles. The maximum Gasteiger partial charge on any atom is 0.235 e. The summed E-state index contributed by atoms with van der Waals surface area (Å²) in [6, 6.07) is 7.11. The van der Waals surface area contributed by atoms with Gasteiger partial charge in [-0.2, -0.15) is 0 Å². The third-order valence-electron chi connectivity index (χ3n) is 3.58. The summed E-state index contributed by atoms with van der Waals surface area (Å²) < 4.78 is 5.68. The Morgan fingerprint density at radius 2 is 2.21 bits per heavy atom. The predicted molar refractivity (Wildman–Crippen MR) is 71.1 cm³/mol. The molecule has 0 radical (unpaired) electrons. The van der Waals surface area contributed by atoms with Crippen molar-refractivity contribution in [2.45, 2.75) is 31.7 Å². The van der Waals surface area contributed by atoms with Gasteiger partial charge in [-0.05, 0) is 25.0 Å². The lowest BCUT2D eigenvalue weighted by molar-refractivity contribution is 0.324. The first-order valence-electron chi connectivity index (χ1n) is 6.55. The summed E-state index contributed by atoms with van der Waals surface area (Å²) in [4.78, 5) is 1.97. The molecule has 0 aliphatic heterocycles. The minimum atomic E-state index is 0.255. The Kier molecular flexibility index (Phi) is 3.11. The molecule has 1 aliphatic rings. The average molecular weight is 259 g/mol. The van der Waals surface area contributed by atoms with Crippen LogP contribution in [0.1, 0.15) is 37.0 Å². The van der Waals surface area contributed by atoms with Crippen molar-refractivity contribution in [3.8, 4) is 5.75 Å². The van der Waals surface area contributed by atoms with E-state index in [0.717, 1.165) is 24.4 Å². The Bertz CT molecular complexity index is 563. The van der Waals surface area contributed by atoms with Gasteiger partial charge in [0.15, 0.2) is 0 Å². The number of aromatic hydroxyl groups is 1. The van der Waals surface area contributed by atoms with E-state index in [9.17, 15) is 5.11 Å². The highest BCUT2D eigenvalue weighted by molar-refractivity contribution is 5.49. The third-order valence-corrected chi connectivity index (χ3v) is 3.58. The Balaban J connectivity index is 1.68. The third kappa shape index (κ3) is 2.54. The molecular formula is C14H17N3O2. The van der Waals surface area contributed by atoms with E-state index in [-0.39, 0.29) is 5.75 Å². The first-order chi connectivity index (χ1) is 9.22. The van der Waals surface area contributed by atoms with E-state index in [1.165, 1.54) is 6.42 Å². The summed E-state index contributed by atoms with van der Waals surface area (Å²) in [5, 5.41) is 17.7. The van der Waals surface area contributed by atoms with Crippen molar-refractivity contribution >= 4 is 5.69 Å². The normalized spacial score (nSPS) is 15.2. The van der Waals surface area contributed by atoms with Gasteiger partial charge in [0.25, 0.3) is 0 Å². The molecule has 1 N–H and O–H groups in total. The van der Waals surface area contributed by atoms with Gasteiger partial charge in [0.1, 0.15) is 5.75 Å². The maximum absolute atomic E-state index is 9.47. The number of phenolic OH excluding ortho intramolecular Hbond substituents is 1. The average Bonchev–Trinajstić information content (AvgIpc) is 2.75. The molecule has 19 heavy (non-hydrogen) atoms. The minimum Gasteiger partial charge on any atom is -0.508 e. The molecule has 0 bridgehead atoms. The number of benzene rings is 1. The topological polar surface area (TPSA) is 62.4 Å². The molecule has 100 valence electrons. The summed E-state index contributed by atoms with van der Waals surface area (Å²) >= 11 is 0. The zero-order valence-corrected chi connectivity index (χ0v) is 10.9. The van der Waals surface area contributed by atoms with Gasteiger partial charge >= 0.3 is 0 Å². The number of nitrogens with zero attached hydrogens (tertiary/aromatic N) is 3. The maximum atomic E-state index is 9.47. The Morgan fingerprint density at radius 1 is 1.37 bits per heavy atom. The highest BCUT2D eigenvalue weighted by Crippen LogP contribution is 2.35. The van der Waals surface area contributed by atoms with Gasteiger partial charge < -0.3 is 14.4 Å². The lowest BCUT2D eigenvalue weighted by Gasteiger charge is -2.21. The van der Waals surface area contributed by atoms with Crippen LogP contribution in [0.5, 0.6) is 5.75 Å². The quantitative estimate of drug-likeness (QED) is 0.914. The number of anilines is 1. The van der Waals surface area contributed by atoms with Gasteiger partial charge in [-0.3, -0.25) is 0 Å². The molecule has 1 aromatic heterocycles. The van der Waals surface area contributed by atoms with Gasteiger partial charge in [0.05, 0.1) is 6.54 Å². The standard InChI is InChI=1S/C14H17N3O2/c1-17(11-6-3-7-12(18)8-11)9-13-15-16-14(19-13)10-4-2-5-10/h3,6-8,10,18H,2,4-5,9H2,1H3. The second kappa shape index (κ2) is 4.91. The number of hydrogen-bond donors (Lipinski definition) is 1. The second-order valence-corrected chi connectivity index (χ2v) is 5.04. The van der Waals surface area contributed by atoms with E-state index in [1.807, 2.05) is 24.1 Å². The van der Waals surface area contributed by atoms with Crippen LogP contribution in [0.3, 0.4) is 0 Å². The SMILES string of the molecule is CN(Cc1nnc(C2CCC2)o1)c1cccc(O)c1. The summed E-state index contributed by atoms with van der Waals surface area (Å²) in [5.74, 6) is 2.11. The number of hydrogen-bond acceptors (Lipinski definition) is 5. The van der Waals surface area contributed by atoms with Crippen LogP contribution in [0.15, 0.2) is 28.7 Å². The molecule has 0 atom stereocenters. The van der Waals surface area contributed by atoms with Crippen LogP contribution in [0.25, 0.3) is 0 Å². The minimum absolute atomic E-state index is 0.255. The van der Waals surface area contributed by atoms with Crippen molar-refractivity contribution in [2.24, 2.45) is 0 Å². The van der Waals surface area contributed by atoms with Crippen LogP contribution in [0.2, 0.25) is 0 Å². The number of rotatable bonds is 4. The first kappa shape index (κ1) is 12.0. The summed E-state index contributed by atoms with van der Waals surface area (Å²) in [5.41, 5.74) is 0.920. The second-order valence-electron chi connectivity index (χ2n) is 5.04.